The number of hydrogen-bond acceptors (Lipinski definition) is 3. The molecule has 0 bridgehead atoms. The Morgan fingerprint density at radius 3 is 2.08 bits per heavy atom. The summed E-state index contributed by atoms with van der Waals surface area (Å²) in [6.07, 6.45) is -2.42. The van der Waals surface area contributed by atoms with Crippen LogP contribution in [0.3, 0.4) is 0 Å². The van der Waals surface area contributed by atoms with Crippen LogP contribution in [-0.4, -0.2) is 35.1 Å². The van der Waals surface area contributed by atoms with Crippen molar-refractivity contribution in [1.29, 1.82) is 0 Å². The quantitative estimate of drug-likeness (QED) is 0.826. The predicted octanol–water partition coefficient (Wildman–Crippen LogP) is 4.44. The van der Waals surface area contributed by atoms with E-state index in [9.17, 15) is 23.4 Å². The van der Waals surface area contributed by atoms with Crippen molar-refractivity contribution in [3.8, 4) is 0 Å². The third kappa shape index (κ3) is 3.72. The molecule has 1 saturated carbocycles. The minimum absolute atomic E-state index is 0.130. The van der Waals surface area contributed by atoms with E-state index >= 15 is 0 Å². The lowest BCUT2D eigenvalue weighted by atomic mass is 9.65. The lowest BCUT2D eigenvalue weighted by molar-refractivity contribution is -0.206. The van der Waals surface area contributed by atoms with Gasteiger partial charge in [0, 0.05) is 18.8 Å². The van der Waals surface area contributed by atoms with Crippen LogP contribution in [0.25, 0.3) is 0 Å². The molecule has 0 amide bonds. The fourth-order valence-corrected chi connectivity index (χ4v) is 4.41. The van der Waals surface area contributed by atoms with Crippen LogP contribution >= 0.6 is 0 Å². The number of rotatable bonds is 3. The molecule has 1 aliphatic carbocycles. The molecule has 26 heavy (non-hydrogen) atoms. The molecule has 3 rings (SSSR count). The molecule has 1 atom stereocenters. The number of benzene rings is 1. The minimum atomic E-state index is -4.64. The van der Waals surface area contributed by atoms with Crippen molar-refractivity contribution in [1.82, 2.24) is 0 Å². The molecule has 1 spiro atoms. The molecule has 2 N–H and O–H groups in total. The zero-order chi connectivity index (χ0) is 19.2. The van der Waals surface area contributed by atoms with E-state index in [2.05, 4.69) is 18.7 Å². The molecular weight excluding hydrogens is 343 g/mol. The maximum atomic E-state index is 12.6. The van der Waals surface area contributed by atoms with E-state index in [1.807, 2.05) is 0 Å². The Morgan fingerprint density at radius 1 is 1.00 bits per heavy atom. The van der Waals surface area contributed by atoms with Gasteiger partial charge in [-0.2, -0.15) is 13.2 Å². The summed E-state index contributed by atoms with van der Waals surface area (Å²) in [4.78, 5) is 2.21. The van der Waals surface area contributed by atoms with E-state index in [1.165, 1.54) is 12.1 Å². The van der Waals surface area contributed by atoms with Gasteiger partial charge in [-0.25, -0.2) is 0 Å². The number of hydrogen-bond donors (Lipinski definition) is 2. The minimum Gasteiger partial charge on any atom is -0.390 e. The second kappa shape index (κ2) is 6.71. The summed E-state index contributed by atoms with van der Waals surface area (Å²) < 4.78 is 37.8. The Bertz CT molecular complexity index is 619. The SMILES string of the molecule is CC(C)C1(O)CCC2(CCN(c3ccc([C@@H](O)C(F)(F)F)cc3)C2)CC1. The highest BCUT2D eigenvalue weighted by atomic mass is 19.4. The Morgan fingerprint density at radius 2 is 1.58 bits per heavy atom. The van der Waals surface area contributed by atoms with E-state index in [0.717, 1.165) is 50.9 Å². The fraction of sp³-hybridized carbons (Fsp3) is 0.700. The fourth-order valence-electron chi connectivity index (χ4n) is 4.41. The van der Waals surface area contributed by atoms with Crippen molar-refractivity contribution in [2.45, 2.75) is 63.8 Å². The lowest BCUT2D eigenvalue weighted by Crippen LogP contribution is -2.43. The molecule has 1 aliphatic heterocycles. The molecular formula is C20H28F3NO2. The smallest absolute Gasteiger partial charge is 0.390 e. The van der Waals surface area contributed by atoms with Gasteiger partial charge in [0.15, 0.2) is 6.10 Å². The molecule has 0 radical (unpaired) electrons. The highest BCUT2D eigenvalue weighted by Gasteiger charge is 2.46. The summed E-state index contributed by atoms with van der Waals surface area (Å²) >= 11 is 0. The van der Waals surface area contributed by atoms with Crippen molar-refractivity contribution in [2.75, 3.05) is 18.0 Å². The number of aliphatic hydroxyl groups is 2. The lowest BCUT2D eigenvalue weighted by Gasteiger charge is -2.44. The standard InChI is InChI=1S/C20H28F3NO2/c1-14(2)19(26)9-7-18(8-10-19)11-12-24(13-18)16-5-3-15(4-6-16)17(25)20(21,22)23/h3-6,14,17,25-26H,7-13H2,1-2H3/t17-,18?,19?/m1/s1. The average molecular weight is 371 g/mol. The summed E-state index contributed by atoms with van der Waals surface area (Å²) in [6.45, 7) is 5.88. The van der Waals surface area contributed by atoms with Gasteiger partial charge >= 0.3 is 6.18 Å². The normalized spacial score (nSPS) is 31.0. The van der Waals surface area contributed by atoms with E-state index in [0.29, 0.717) is 0 Å². The second-order valence-corrected chi connectivity index (χ2v) is 8.47. The van der Waals surface area contributed by atoms with E-state index in [-0.39, 0.29) is 16.9 Å². The molecule has 146 valence electrons. The Hall–Kier alpha value is -1.27. The summed E-state index contributed by atoms with van der Waals surface area (Å²) in [5, 5.41) is 20.0. The summed E-state index contributed by atoms with van der Waals surface area (Å²) in [7, 11) is 0. The van der Waals surface area contributed by atoms with E-state index in [4.69, 9.17) is 0 Å². The first-order valence-electron chi connectivity index (χ1n) is 9.37. The molecule has 1 aromatic carbocycles. The molecule has 3 nitrogen and oxygen atoms in total. The van der Waals surface area contributed by atoms with Crippen molar-refractivity contribution >= 4 is 5.69 Å². The summed E-state index contributed by atoms with van der Waals surface area (Å²) in [5.41, 5.74) is 0.402. The van der Waals surface area contributed by atoms with Gasteiger partial charge in [-0.3, -0.25) is 0 Å². The number of aliphatic hydroxyl groups excluding tert-OH is 1. The number of alkyl halides is 3. The monoisotopic (exact) mass is 371 g/mol. The van der Waals surface area contributed by atoms with Crippen LogP contribution < -0.4 is 4.90 Å². The van der Waals surface area contributed by atoms with Crippen LogP contribution in [0.1, 0.15) is 57.6 Å². The van der Waals surface area contributed by atoms with Gasteiger partial charge in [-0.1, -0.05) is 26.0 Å². The van der Waals surface area contributed by atoms with Gasteiger partial charge in [0.25, 0.3) is 0 Å². The van der Waals surface area contributed by atoms with Crippen molar-refractivity contribution in [3.63, 3.8) is 0 Å². The van der Waals surface area contributed by atoms with Crippen molar-refractivity contribution < 1.29 is 23.4 Å². The third-order valence-electron chi connectivity index (χ3n) is 6.57. The molecule has 1 aromatic rings. The van der Waals surface area contributed by atoms with Crippen LogP contribution in [0.2, 0.25) is 0 Å². The number of halogens is 3. The first-order valence-corrected chi connectivity index (χ1v) is 9.37. The number of anilines is 1. The van der Waals surface area contributed by atoms with Crippen LogP contribution in [0.4, 0.5) is 18.9 Å². The van der Waals surface area contributed by atoms with Gasteiger partial charge in [0.05, 0.1) is 5.60 Å². The third-order valence-corrected chi connectivity index (χ3v) is 6.57. The van der Waals surface area contributed by atoms with Gasteiger partial charge in [-0.15, -0.1) is 0 Å². The summed E-state index contributed by atoms with van der Waals surface area (Å²) in [5.74, 6) is 0.255. The first-order chi connectivity index (χ1) is 12.0. The van der Waals surface area contributed by atoms with E-state index in [1.54, 1.807) is 12.1 Å². The molecule has 0 unspecified atom stereocenters. The predicted molar refractivity (Wildman–Crippen MR) is 95.0 cm³/mol. The van der Waals surface area contributed by atoms with E-state index < -0.39 is 17.9 Å². The van der Waals surface area contributed by atoms with Crippen molar-refractivity contribution in [3.05, 3.63) is 29.8 Å². The van der Waals surface area contributed by atoms with Gasteiger partial charge < -0.3 is 15.1 Å². The zero-order valence-electron chi connectivity index (χ0n) is 15.4. The Balaban J connectivity index is 1.65. The number of nitrogens with zero attached hydrogens (tertiary/aromatic N) is 1. The average Bonchev–Trinajstić information content (AvgIpc) is 3.01. The van der Waals surface area contributed by atoms with Crippen molar-refractivity contribution in [2.24, 2.45) is 11.3 Å². The first kappa shape index (κ1) is 19.5. The largest absolute Gasteiger partial charge is 0.418 e. The van der Waals surface area contributed by atoms with Crippen LogP contribution in [0.5, 0.6) is 0 Å². The Labute approximate surface area is 152 Å². The molecule has 2 fully saturated rings. The van der Waals surface area contributed by atoms with Gasteiger partial charge in [0.1, 0.15) is 0 Å². The maximum Gasteiger partial charge on any atom is 0.418 e. The molecule has 2 aliphatic rings. The van der Waals surface area contributed by atoms with Crippen LogP contribution in [0, 0.1) is 11.3 Å². The van der Waals surface area contributed by atoms with Crippen LogP contribution in [0.15, 0.2) is 24.3 Å². The van der Waals surface area contributed by atoms with Gasteiger partial charge in [-0.05, 0) is 61.1 Å². The molecule has 1 saturated heterocycles. The molecule has 1 heterocycles. The molecule has 0 aromatic heterocycles. The highest BCUT2D eigenvalue weighted by molar-refractivity contribution is 5.49. The topological polar surface area (TPSA) is 43.7 Å². The maximum absolute atomic E-state index is 12.6. The zero-order valence-corrected chi connectivity index (χ0v) is 15.4. The van der Waals surface area contributed by atoms with Crippen LogP contribution in [-0.2, 0) is 0 Å². The molecule has 6 heteroatoms. The Kier molecular flexibility index (Phi) is 5.03. The highest BCUT2D eigenvalue weighted by Crippen LogP contribution is 2.49. The summed E-state index contributed by atoms with van der Waals surface area (Å²) in [6, 6.07) is 6.04. The van der Waals surface area contributed by atoms with Gasteiger partial charge in [0.2, 0.25) is 0 Å². The second-order valence-electron chi connectivity index (χ2n) is 8.47.